The fourth-order valence-electron chi connectivity index (χ4n) is 1.79. The van der Waals surface area contributed by atoms with Crippen molar-refractivity contribution in [2.45, 2.75) is 39.7 Å². The SMILES string of the molecule is C=CN=C1/C(=C\C)CCN1C(C)(C)C. The summed E-state index contributed by atoms with van der Waals surface area (Å²) in [5.41, 5.74) is 1.48. The quantitative estimate of drug-likeness (QED) is 0.623. The van der Waals surface area contributed by atoms with E-state index >= 15 is 0 Å². The summed E-state index contributed by atoms with van der Waals surface area (Å²) in [6, 6.07) is 0. The minimum absolute atomic E-state index is 0.145. The first-order chi connectivity index (χ1) is 6.50. The maximum atomic E-state index is 4.36. The van der Waals surface area contributed by atoms with E-state index in [1.807, 2.05) is 0 Å². The van der Waals surface area contributed by atoms with E-state index in [1.54, 1.807) is 6.20 Å². The molecular weight excluding hydrogens is 172 g/mol. The van der Waals surface area contributed by atoms with Crippen molar-refractivity contribution in [2.75, 3.05) is 6.54 Å². The van der Waals surface area contributed by atoms with Crippen LogP contribution in [0.2, 0.25) is 0 Å². The van der Waals surface area contributed by atoms with Gasteiger partial charge in [-0.05, 0) is 39.7 Å². The third-order valence-electron chi connectivity index (χ3n) is 2.52. The van der Waals surface area contributed by atoms with Gasteiger partial charge in [-0.15, -0.1) is 0 Å². The Morgan fingerprint density at radius 3 is 2.50 bits per heavy atom. The summed E-state index contributed by atoms with van der Waals surface area (Å²) in [6.45, 7) is 13.4. The molecule has 1 saturated heterocycles. The summed E-state index contributed by atoms with van der Waals surface area (Å²) >= 11 is 0. The van der Waals surface area contributed by atoms with Gasteiger partial charge in [-0.25, -0.2) is 4.99 Å². The van der Waals surface area contributed by atoms with Crippen LogP contribution in [0.15, 0.2) is 29.4 Å². The van der Waals surface area contributed by atoms with E-state index in [0.717, 1.165) is 18.8 Å². The predicted molar refractivity (Wildman–Crippen MR) is 62.5 cm³/mol. The third-order valence-corrected chi connectivity index (χ3v) is 2.52. The van der Waals surface area contributed by atoms with Crippen molar-refractivity contribution in [2.24, 2.45) is 4.99 Å². The third kappa shape index (κ3) is 2.06. The molecule has 0 N–H and O–H groups in total. The van der Waals surface area contributed by atoms with Crippen LogP contribution in [-0.2, 0) is 0 Å². The summed E-state index contributed by atoms with van der Waals surface area (Å²) in [5.74, 6) is 1.09. The lowest BCUT2D eigenvalue weighted by Crippen LogP contribution is -2.42. The van der Waals surface area contributed by atoms with Crippen molar-refractivity contribution in [3.8, 4) is 0 Å². The molecule has 2 heteroatoms. The van der Waals surface area contributed by atoms with E-state index in [0.29, 0.717) is 0 Å². The molecule has 0 spiro atoms. The zero-order valence-electron chi connectivity index (χ0n) is 9.67. The van der Waals surface area contributed by atoms with E-state index in [1.165, 1.54) is 5.57 Å². The van der Waals surface area contributed by atoms with Crippen molar-refractivity contribution in [1.29, 1.82) is 0 Å². The average Bonchev–Trinajstić information content (AvgIpc) is 2.47. The molecule has 1 heterocycles. The standard InChI is InChI=1S/C12H20N2/c1-6-10-8-9-14(12(3,4)5)11(10)13-7-2/h6-7H,2,8-9H2,1,3-5H3/b10-6-,13-11?. The summed E-state index contributed by atoms with van der Waals surface area (Å²) < 4.78 is 0. The summed E-state index contributed by atoms with van der Waals surface area (Å²) in [5, 5.41) is 0. The Morgan fingerprint density at radius 2 is 2.07 bits per heavy atom. The molecule has 1 fully saturated rings. The predicted octanol–water partition coefficient (Wildman–Crippen LogP) is 2.98. The Labute approximate surface area is 87.0 Å². The molecule has 0 aromatic rings. The molecule has 0 bridgehead atoms. The van der Waals surface area contributed by atoms with Crippen LogP contribution in [0.1, 0.15) is 34.1 Å². The van der Waals surface area contributed by atoms with E-state index in [2.05, 4.69) is 50.2 Å². The minimum atomic E-state index is 0.145. The number of amidine groups is 1. The summed E-state index contributed by atoms with van der Waals surface area (Å²) in [6.07, 6.45) is 4.87. The van der Waals surface area contributed by atoms with Crippen LogP contribution in [0.5, 0.6) is 0 Å². The van der Waals surface area contributed by atoms with Crippen LogP contribution in [0, 0.1) is 0 Å². The highest BCUT2D eigenvalue weighted by Crippen LogP contribution is 2.26. The molecule has 0 amide bonds. The van der Waals surface area contributed by atoms with Gasteiger partial charge in [0.1, 0.15) is 5.84 Å². The first-order valence-electron chi connectivity index (χ1n) is 5.12. The Hall–Kier alpha value is -1.05. The second-order valence-corrected chi connectivity index (χ2v) is 4.52. The molecule has 0 unspecified atom stereocenters. The molecule has 0 saturated carbocycles. The highest BCUT2D eigenvalue weighted by atomic mass is 15.3. The zero-order chi connectivity index (χ0) is 10.8. The van der Waals surface area contributed by atoms with Gasteiger partial charge in [-0.2, -0.15) is 0 Å². The number of hydrogen-bond donors (Lipinski definition) is 0. The van der Waals surface area contributed by atoms with E-state index in [9.17, 15) is 0 Å². The van der Waals surface area contributed by atoms with Crippen LogP contribution in [0.3, 0.4) is 0 Å². The largest absolute Gasteiger partial charge is 0.351 e. The van der Waals surface area contributed by atoms with Gasteiger partial charge in [0.05, 0.1) is 0 Å². The monoisotopic (exact) mass is 192 g/mol. The van der Waals surface area contributed by atoms with Gasteiger partial charge in [0, 0.05) is 18.3 Å². The Kier molecular flexibility index (Phi) is 3.14. The zero-order valence-corrected chi connectivity index (χ0v) is 9.67. The molecule has 78 valence electrons. The van der Waals surface area contributed by atoms with Crippen LogP contribution in [-0.4, -0.2) is 22.8 Å². The summed E-state index contributed by atoms with van der Waals surface area (Å²) in [4.78, 5) is 6.70. The number of nitrogens with zero attached hydrogens (tertiary/aromatic N) is 2. The molecule has 0 radical (unpaired) electrons. The number of aliphatic imine (C=N–C) groups is 1. The summed E-state index contributed by atoms with van der Waals surface area (Å²) in [7, 11) is 0. The van der Waals surface area contributed by atoms with Crippen molar-refractivity contribution in [3.63, 3.8) is 0 Å². The number of rotatable bonds is 1. The topological polar surface area (TPSA) is 15.6 Å². The Bertz CT molecular complexity index is 279. The number of hydrogen-bond acceptors (Lipinski definition) is 1. The Morgan fingerprint density at radius 1 is 1.43 bits per heavy atom. The normalized spacial score (nSPS) is 23.6. The van der Waals surface area contributed by atoms with Gasteiger partial charge in [0.15, 0.2) is 0 Å². The first kappa shape index (κ1) is 11.0. The molecule has 1 rings (SSSR count). The average molecular weight is 192 g/mol. The maximum absolute atomic E-state index is 4.36. The molecule has 1 aliphatic rings. The van der Waals surface area contributed by atoms with Crippen molar-refractivity contribution in [1.82, 2.24) is 4.90 Å². The fraction of sp³-hybridized carbons (Fsp3) is 0.583. The Balaban J connectivity index is 3.02. The lowest BCUT2D eigenvalue weighted by Gasteiger charge is -2.33. The van der Waals surface area contributed by atoms with Crippen LogP contribution >= 0.6 is 0 Å². The van der Waals surface area contributed by atoms with Gasteiger partial charge < -0.3 is 4.90 Å². The van der Waals surface area contributed by atoms with Crippen molar-refractivity contribution < 1.29 is 0 Å². The molecule has 0 atom stereocenters. The van der Waals surface area contributed by atoms with Crippen molar-refractivity contribution >= 4 is 5.84 Å². The molecule has 0 aliphatic carbocycles. The molecular formula is C12H20N2. The van der Waals surface area contributed by atoms with E-state index in [4.69, 9.17) is 0 Å². The lowest BCUT2D eigenvalue weighted by atomic mass is 10.1. The fourth-order valence-corrected chi connectivity index (χ4v) is 1.79. The van der Waals surface area contributed by atoms with Gasteiger partial charge in [-0.1, -0.05) is 12.7 Å². The molecule has 1 aliphatic heterocycles. The molecule has 0 aromatic heterocycles. The minimum Gasteiger partial charge on any atom is -0.351 e. The van der Waals surface area contributed by atoms with E-state index < -0.39 is 0 Å². The van der Waals surface area contributed by atoms with Gasteiger partial charge >= 0.3 is 0 Å². The number of allylic oxidation sites excluding steroid dienone is 1. The highest BCUT2D eigenvalue weighted by Gasteiger charge is 2.31. The van der Waals surface area contributed by atoms with E-state index in [-0.39, 0.29) is 5.54 Å². The molecule has 2 nitrogen and oxygen atoms in total. The number of likely N-dealkylation sites (tertiary alicyclic amines) is 1. The van der Waals surface area contributed by atoms with Crippen molar-refractivity contribution in [3.05, 3.63) is 24.4 Å². The second-order valence-electron chi connectivity index (χ2n) is 4.52. The first-order valence-corrected chi connectivity index (χ1v) is 5.12. The molecule has 0 aromatic carbocycles. The van der Waals surface area contributed by atoms with Gasteiger partial charge in [-0.3, -0.25) is 0 Å². The van der Waals surface area contributed by atoms with Gasteiger partial charge in [0.25, 0.3) is 0 Å². The van der Waals surface area contributed by atoms with Crippen LogP contribution in [0.4, 0.5) is 0 Å². The maximum Gasteiger partial charge on any atom is 0.131 e. The molecule has 14 heavy (non-hydrogen) atoms. The second kappa shape index (κ2) is 3.99. The van der Waals surface area contributed by atoms with Crippen LogP contribution in [0.25, 0.3) is 0 Å². The smallest absolute Gasteiger partial charge is 0.131 e. The van der Waals surface area contributed by atoms with Gasteiger partial charge in [0.2, 0.25) is 0 Å². The lowest BCUT2D eigenvalue weighted by molar-refractivity contribution is 0.256. The van der Waals surface area contributed by atoms with Crippen LogP contribution < -0.4 is 0 Å². The highest BCUT2D eigenvalue weighted by molar-refractivity contribution is 6.01.